The molecule has 6 heterocycles. The predicted octanol–water partition coefficient (Wildman–Crippen LogP) is 3.76. The van der Waals surface area contributed by atoms with E-state index in [4.69, 9.17) is 0 Å². The highest BCUT2D eigenvalue weighted by Gasteiger charge is 2.32. The van der Waals surface area contributed by atoms with E-state index in [1.807, 2.05) is 13.1 Å². The second-order valence-corrected chi connectivity index (χ2v) is 17.6. The molecule has 3 aliphatic rings. The van der Waals surface area contributed by atoms with E-state index in [1.165, 1.54) is 14.8 Å². The predicted molar refractivity (Wildman–Crippen MR) is 215 cm³/mol. The third-order valence-corrected chi connectivity index (χ3v) is 13.6. The Labute approximate surface area is 336 Å². The lowest BCUT2D eigenvalue weighted by atomic mass is 9.88. The van der Waals surface area contributed by atoms with Crippen molar-refractivity contribution in [3.8, 4) is 12.1 Å². The molecule has 2 N–H and O–H groups in total. The van der Waals surface area contributed by atoms with Gasteiger partial charge >= 0.3 is 6.03 Å². The van der Waals surface area contributed by atoms with E-state index in [0.717, 1.165) is 48.9 Å². The lowest BCUT2D eigenvalue weighted by Crippen LogP contribution is -2.49. The first-order valence-corrected chi connectivity index (χ1v) is 21.1. The van der Waals surface area contributed by atoms with Gasteiger partial charge in [0.1, 0.15) is 6.07 Å². The average Bonchev–Trinajstić information content (AvgIpc) is 3.72. The highest BCUT2D eigenvalue weighted by molar-refractivity contribution is 7.89. The number of amides is 3. The van der Waals surface area contributed by atoms with Crippen LogP contribution in [0, 0.1) is 28.6 Å². The van der Waals surface area contributed by atoms with Crippen LogP contribution in [-0.4, -0.2) is 104 Å². The van der Waals surface area contributed by atoms with Gasteiger partial charge in [-0.05, 0) is 98.5 Å². The van der Waals surface area contributed by atoms with Gasteiger partial charge in [-0.3, -0.25) is 19.7 Å². The minimum absolute atomic E-state index is 0.0295. The number of rotatable bonds is 10. The number of carbonyl (C=O) groups is 2. The number of urea groups is 1. The lowest BCUT2D eigenvalue weighted by molar-refractivity contribution is -0.120. The molecule has 1 atom stereocenters. The fraction of sp³-hybridized carbons (Fsp3) is 0.450. The number of anilines is 2. The number of nitrogens with zero attached hydrogens (tertiary/aromatic N) is 11. The number of hydrogen-bond donors (Lipinski definition) is 2. The zero-order valence-corrected chi connectivity index (χ0v) is 33.5. The third kappa shape index (κ3) is 7.58. The quantitative estimate of drug-likeness (QED) is 0.207. The molecule has 8 rings (SSSR count). The van der Waals surface area contributed by atoms with Gasteiger partial charge in [0.25, 0.3) is 0 Å². The van der Waals surface area contributed by atoms with Gasteiger partial charge in [-0.1, -0.05) is 13.0 Å². The Balaban J connectivity index is 0.857. The second kappa shape index (κ2) is 15.8. The third-order valence-electron chi connectivity index (χ3n) is 11.7. The van der Waals surface area contributed by atoms with Crippen LogP contribution in [0.5, 0.6) is 0 Å². The molecule has 3 fully saturated rings. The Kier molecular flexibility index (Phi) is 10.6. The molecule has 0 spiro atoms. The first-order valence-electron chi connectivity index (χ1n) is 19.6. The van der Waals surface area contributed by atoms with Crippen molar-refractivity contribution >= 4 is 55.7 Å². The topological polar surface area (TPSA) is 211 Å². The largest absolute Gasteiger partial charge is 0.351 e. The summed E-state index contributed by atoms with van der Waals surface area (Å²) in [5.74, 6) is 1.25. The molecule has 17 nitrogen and oxygen atoms in total. The zero-order valence-electron chi connectivity index (χ0n) is 32.7. The maximum absolute atomic E-state index is 13.9. The number of sulfonamides is 1. The van der Waals surface area contributed by atoms with Gasteiger partial charge in [0.2, 0.25) is 21.9 Å². The Bertz CT molecular complexity index is 2610. The maximum Gasteiger partial charge on any atom is 0.329 e. The number of piperidine rings is 2. The van der Waals surface area contributed by atoms with Gasteiger partial charge in [-0.2, -0.15) is 30.0 Å². The molecule has 3 aromatic heterocycles. The first kappa shape index (κ1) is 38.9. The molecule has 0 aliphatic carbocycles. The Morgan fingerprint density at radius 1 is 0.931 bits per heavy atom. The number of aryl methyl sites for hydroxylation is 2. The summed E-state index contributed by atoms with van der Waals surface area (Å²) in [6.45, 7) is 5.77. The molecule has 1 unspecified atom stereocenters. The molecular formula is C40H45N13O4S. The van der Waals surface area contributed by atoms with Crippen LogP contribution in [0.3, 0.4) is 0 Å². The molecule has 0 saturated carbocycles. The van der Waals surface area contributed by atoms with Crippen molar-refractivity contribution < 1.29 is 18.0 Å². The highest BCUT2D eigenvalue weighted by atomic mass is 32.2. The number of nitrogens with one attached hydrogen (secondary N) is 2. The molecule has 3 saturated heterocycles. The van der Waals surface area contributed by atoms with Gasteiger partial charge in [-0.15, -0.1) is 0 Å². The van der Waals surface area contributed by atoms with Crippen LogP contribution >= 0.6 is 0 Å². The van der Waals surface area contributed by atoms with E-state index >= 15 is 0 Å². The number of nitriles is 2. The SMILES string of the molecule is CC(Cc1cc(S(=O)(=O)N2CCC(Nc3ncc4c(C#N)nn(C)c4n3)CC2)ccc1C#N)CN1CCC(c2ccc3c(N4CCC(=O)NC4=O)nn(C)c3c2)CC1. The van der Waals surface area contributed by atoms with E-state index < -0.39 is 16.1 Å². The van der Waals surface area contributed by atoms with Crippen LogP contribution in [0.25, 0.3) is 21.9 Å². The van der Waals surface area contributed by atoms with Gasteiger partial charge in [0.05, 0.1) is 27.4 Å². The molecule has 18 heteroatoms. The summed E-state index contributed by atoms with van der Waals surface area (Å²) in [5, 5.41) is 35.2. The number of carbonyl (C=O) groups excluding carboxylic acids is 2. The van der Waals surface area contributed by atoms with Crippen LogP contribution in [0.4, 0.5) is 16.6 Å². The van der Waals surface area contributed by atoms with Gasteiger partial charge < -0.3 is 10.2 Å². The summed E-state index contributed by atoms with van der Waals surface area (Å²) in [4.78, 5) is 37.2. The molecule has 3 amide bonds. The number of aromatic nitrogens is 6. The summed E-state index contributed by atoms with van der Waals surface area (Å²) in [5.41, 5.74) is 4.21. The fourth-order valence-corrected chi connectivity index (χ4v) is 10.1. The summed E-state index contributed by atoms with van der Waals surface area (Å²) >= 11 is 0. The van der Waals surface area contributed by atoms with Gasteiger partial charge in [0, 0.05) is 64.3 Å². The Hall–Kier alpha value is -5.95. The van der Waals surface area contributed by atoms with Crippen molar-refractivity contribution in [1.82, 2.24) is 44.1 Å². The van der Waals surface area contributed by atoms with E-state index in [0.29, 0.717) is 73.2 Å². The van der Waals surface area contributed by atoms with E-state index in [9.17, 15) is 28.5 Å². The Morgan fingerprint density at radius 2 is 1.71 bits per heavy atom. The normalized spacial score (nSPS) is 18.3. The van der Waals surface area contributed by atoms with Gasteiger partial charge in [0.15, 0.2) is 17.2 Å². The molecule has 0 radical (unpaired) electrons. The average molecular weight is 804 g/mol. The zero-order chi connectivity index (χ0) is 40.7. The molecule has 2 aromatic carbocycles. The van der Waals surface area contributed by atoms with Crippen LogP contribution in [0.15, 0.2) is 47.5 Å². The molecule has 300 valence electrons. The number of fused-ring (bicyclic) bond motifs is 2. The smallest absolute Gasteiger partial charge is 0.329 e. The van der Waals surface area contributed by atoms with Crippen LogP contribution in [-0.2, 0) is 35.3 Å². The minimum Gasteiger partial charge on any atom is -0.351 e. The first-order chi connectivity index (χ1) is 27.9. The summed E-state index contributed by atoms with van der Waals surface area (Å²) in [7, 11) is -0.197. The summed E-state index contributed by atoms with van der Waals surface area (Å²) < 4.78 is 32.6. The minimum atomic E-state index is -3.79. The van der Waals surface area contributed by atoms with Crippen molar-refractivity contribution in [3.63, 3.8) is 0 Å². The van der Waals surface area contributed by atoms with Crippen LogP contribution < -0.4 is 15.5 Å². The molecule has 3 aliphatic heterocycles. The fourth-order valence-electron chi connectivity index (χ4n) is 8.58. The summed E-state index contributed by atoms with van der Waals surface area (Å²) in [6.07, 6.45) is 5.50. The molecule has 5 aromatic rings. The highest BCUT2D eigenvalue weighted by Crippen LogP contribution is 2.34. The number of likely N-dealkylation sites (tertiary alicyclic amines) is 1. The van der Waals surface area contributed by atoms with E-state index in [-0.39, 0.29) is 34.9 Å². The second-order valence-electron chi connectivity index (χ2n) is 15.6. The lowest BCUT2D eigenvalue weighted by Gasteiger charge is -2.34. The number of benzene rings is 2. The maximum atomic E-state index is 13.9. The van der Waals surface area contributed by atoms with Crippen molar-refractivity contribution in [2.24, 2.45) is 20.0 Å². The van der Waals surface area contributed by atoms with E-state index in [2.05, 4.69) is 66.9 Å². The van der Waals surface area contributed by atoms with Crippen LogP contribution in [0.1, 0.15) is 67.3 Å². The molecular weight excluding hydrogens is 759 g/mol. The van der Waals surface area contributed by atoms with Crippen molar-refractivity contribution in [1.29, 1.82) is 10.5 Å². The Morgan fingerprint density at radius 3 is 2.43 bits per heavy atom. The number of hydrogen-bond acceptors (Lipinski definition) is 12. The summed E-state index contributed by atoms with van der Waals surface area (Å²) in [6, 6.07) is 15.0. The van der Waals surface area contributed by atoms with Crippen molar-refractivity contribution in [3.05, 3.63) is 65.0 Å². The van der Waals surface area contributed by atoms with Crippen LogP contribution in [0.2, 0.25) is 0 Å². The van der Waals surface area contributed by atoms with E-state index in [1.54, 1.807) is 40.8 Å². The monoisotopic (exact) mass is 803 g/mol. The standard InChI is InChI=1S/C40H45N13O4S/c1-25(24-51-13-8-26(9-14-51)27-5-7-32-35(20-27)49(2)48-38(32)53-17-12-36(54)45-40(53)55)18-29-19-31(6-4-28(29)21-41)58(56,57)52-15-10-30(11-16-52)44-39-43-23-33-34(22-42)47-50(3)37(33)46-39/h4-7,19-20,23,25-26,30H,8-18,24H2,1-3H3,(H,43,44,46)(H,45,54,55). The molecule has 0 bridgehead atoms. The van der Waals surface area contributed by atoms with Crippen molar-refractivity contribution in [2.45, 2.75) is 62.3 Å². The molecule has 58 heavy (non-hydrogen) atoms. The number of imide groups is 1. The van der Waals surface area contributed by atoms with Gasteiger partial charge in [-0.25, -0.2) is 22.9 Å². The van der Waals surface area contributed by atoms with Crippen molar-refractivity contribution in [2.75, 3.05) is 49.5 Å².